The zero-order valence-corrected chi connectivity index (χ0v) is 16.4. The van der Waals surface area contributed by atoms with Gasteiger partial charge in [0.2, 0.25) is 0 Å². The van der Waals surface area contributed by atoms with Crippen LogP contribution in [-0.4, -0.2) is 10.8 Å². The van der Waals surface area contributed by atoms with Crippen LogP contribution in [0.5, 0.6) is 0 Å². The van der Waals surface area contributed by atoms with E-state index in [0.29, 0.717) is 12.1 Å². The van der Waals surface area contributed by atoms with Crippen LogP contribution >= 0.6 is 0 Å². The van der Waals surface area contributed by atoms with Gasteiger partial charge in [-0.1, -0.05) is 43.3 Å². The molecular weight excluding hydrogens is 366 g/mol. The monoisotopic (exact) mass is 389 g/mol. The number of carbonyl (C=O) groups excluding carboxylic acids is 1. The van der Waals surface area contributed by atoms with Gasteiger partial charge in [-0.15, -0.1) is 0 Å². The molecule has 3 aromatic carbocycles. The van der Waals surface area contributed by atoms with Gasteiger partial charge >= 0.3 is 0 Å². The summed E-state index contributed by atoms with van der Waals surface area (Å²) in [6.07, 6.45) is 0.931. The number of rotatable bonds is 7. The number of para-hydroxylation sites is 1. The number of aryl methyl sites for hydroxylation is 2. The predicted molar refractivity (Wildman–Crippen MR) is 115 cm³/mol. The lowest BCUT2D eigenvalue weighted by Crippen LogP contribution is -2.14. The molecule has 2 N–H and O–H groups in total. The second kappa shape index (κ2) is 9.01. The molecule has 0 saturated heterocycles. The highest BCUT2D eigenvalue weighted by Crippen LogP contribution is 2.26. The normalized spacial score (nSPS) is 10.4. The highest BCUT2D eigenvalue weighted by atomic mass is 16.6. The summed E-state index contributed by atoms with van der Waals surface area (Å²) in [7, 11) is 0. The van der Waals surface area contributed by atoms with Gasteiger partial charge in [0, 0.05) is 23.9 Å². The third-order valence-electron chi connectivity index (χ3n) is 4.67. The van der Waals surface area contributed by atoms with Crippen molar-refractivity contribution in [2.45, 2.75) is 26.8 Å². The van der Waals surface area contributed by atoms with Crippen molar-refractivity contribution in [1.29, 1.82) is 0 Å². The molecule has 0 aliphatic rings. The van der Waals surface area contributed by atoms with Crippen molar-refractivity contribution < 1.29 is 9.72 Å². The van der Waals surface area contributed by atoms with Gasteiger partial charge in [-0.25, -0.2) is 0 Å². The standard InChI is InChI=1S/C23H23N3O3/c1-3-18-8-4-5-10-20(18)24-15-17-7-6-9-19(14-17)23(27)25-21-12-11-16(2)13-22(21)26(28)29/h4-14,24H,3,15H2,1-2H3,(H,25,27). The van der Waals surface area contributed by atoms with Crippen molar-refractivity contribution in [2.24, 2.45) is 0 Å². The summed E-state index contributed by atoms with van der Waals surface area (Å²) in [6.45, 7) is 4.45. The van der Waals surface area contributed by atoms with E-state index in [0.717, 1.165) is 23.2 Å². The molecule has 0 atom stereocenters. The molecule has 3 aromatic rings. The molecular formula is C23H23N3O3. The van der Waals surface area contributed by atoms with Crippen molar-refractivity contribution >= 4 is 23.0 Å². The number of nitro groups is 1. The smallest absolute Gasteiger partial charge is 0.293 e. The number of benzene rings is 3. The average Bonchev–Trinajstić information content (AvgIpc) is 2.73. The lowest BCUT2D eigenvalue weighted by atomic mass is 10.1. The first kappa shape index (κ1) is 20.1. The SMILES string of the molecule is CCc1ccccc1NCc1cccc(C(=O)Nc2ccc(C)cc2[N+](=O)[O-])c1. The molecule has 148 valence electrons. The molecule has 29 heavy (non-hydrogen) atoms. The molecule has 0 heterocycles. The van der Waals surface area contributed by atoms with Crippen LogP contribution < -0.4 is 10.6 Å². The van der Waals surface area contributed by atoms with Crippen LogP contribution in [0.25, 0.3) is 0 Å². The summed E-state index contributed by atoms with van der Waals surface area (Å²) in [5, 5.41) is 17.3. The van der Waals surface area contributed by atoms with Gasteiger partial charge in [-0.05, 0) is 54.3 Å². The van der Waals surface area contributed by atoms with E-state index in [1.807, 2.05) is 24.3 Å². The fourth-order valence-electron chi connectivity index (χ4n) is 3.11. The number of hydrogen-bond donors (Lipinski definition) is 2. The molecule has 0 aromatic heterocycles. The molecule has 1 amide bonds. The van der Waals surface area contributed by atoms with Crippen LogP contribution in [0.2, 0.25) is 0 Å². The van der Waals surface area contributed by atoms with Crippen LogP contribution in [0.15, 0.2) is 66.7 Å². The Morgan fingerprint density at radius 1 is 1.00 bits per heavy atom. The largest absolute Gasteiger partial charge is 0.381 e. The first-order chi connectivity index (χ1) is 14.0. The van der Waals surface area contributed by atoms with E-state index in [1.165, 1.54) is 11.6 Å². The van der Waals surface area contributed by atoms with E-state index in [1.54, 1.807) is 37.3 Å². The number of anilines is 2. The second-order valence-corrected chi connectivity index (χ2v) is 6.80. The summed E-state index contributed by atoms with van der Waals surface area (Å²) in [6, 6.07) is 20.1. The molecule has 0 fully saturated rings. The van der Waals surface area contributed by atoms with Crippen molar-refractivity contribution in [3.63, 3.8) is 0 Å². The Morgan fingerprint density at radius 2 is 1.79 bits per heavy atom. The molecule has 6 nitrogen and oxygen atoms in total. The van der Waals surface area contributed by atoms with Crippen molar-refractivity contribution in [3.05, 3.63) is 99.1 Å². The molecule has 0 aliphatic carbocycles. The van der Waals surface area contributed by atoms with Crippen LogP contribution in [0.3, 0.4) is 0 Å². The van der Waals surface area contributed by atoms with E-state index in [2.05, 4.69) is 23.6 Å². The van der Waals surface area contributed by atoms with Gasteiger partial charge in [0.25, 0.3) is 11.6 Å². The lowest BCUT2D eigenvalue weighted by Gasteiger charge is -2.12. The summed E-state index contributed by atoms with van der Waals surface area (Å²) in [4.78, 5) is 23.4. The van der Waals surface area contributed by atoms with Crippen molar-refractivity contribution in [1.82, 2.24) is 0 Å². The molecule has 0 aliphatic heterocycles. The minimum atomic E-state index is -0.492. The van der Waals surface area contributed by atoms with Gasteiger partial charge in [0.1, 0.15) is 5.69 Å². The number of nitro benzene ring substituents is 1. The Hall–Kier alpha value is -3.67. The molecule has 0 spiro atoms. The van der Waals surface area contributed by atoms with Gasteiger partial charge in [-0.3, -0.25) is 14.9 Å². The predicted octanol–water partition coefficient (Wildman–Crippen LogP) is 5.33. The second-order valence-electron chi connectivity index (χ2n) is 6.80. The highest BCUT2D eigenvalue weighted by molar-refractivity contribution is 6.05. The number of carbonyl (C=O) groups is 1. The van der Waals surface area contributed by atoms with Gasteiger partial charge in [0.15, 0.2) is 0 Å². The number of nitrogens with one attached hydrogen (secondary N) is 2. The third kappa shape index (κ3) is 4.99. The highest BCUT2D eigenvalue weighted by Gasteiger charge is 2.17. The maximum absolute atomic E-state index is 12.6. The molecule has 3 rings (SSSR count). The van der Waals surface area contributed by atoms with Gasteiger partial charge < -0.3 is 10.6 Å². The summed E-state index contributed by atoms with van der Waals surface area (Å²) >= 11 is 0. The van der Waals surface area contributed by atoms with Gasteiger partial charge in [0.05, 0.1) is 4.92 Å². The third-order valence-corrected chi connectivity index (χ3v) is 4.67. The Labute approximate surface area is 169 Å². The van der Waals surface area contributed by atoms with Crippen LogP contribution in [0.4, 0.5) is 17.1 Å². The molecule has 6 heteroatoms. The Balaban J connectivity index is 1.74. The number of nitrogens with zero attached hydrogens (tertiary/aromatic N) is 1. The average molecular weight is 389 g/mol. The molecule has 0 unspecified atom stereocenters. The molecule has 0 saturated carbocycles. The fraction of sp³-hybridized carbons (Fsp3) is 0.174. The quantitative estimate of drug-likeness (QED) is 0.422. The van der Waals surface area contributed by atoms with E-state index in [9.17, 15) is 14.9 Å². The minimum Gasteiger partial charge on any atom is -0.381 e. The van der Waals surface area contributed by atoms with Crippen LogP contribution in [0.1, 0.15) is 34.0 Å². The van der Waals surface area contributed by atoms with Gasteiger partial charge in [-0.2, -0.15) is 0 Å². The van der Waals surface area contributed by atoms with Crippen molar-refractivity contribution in [3.8, 4) is 0 Å². The van der Waals surface area contributed by atoms with Crippen LogP contribution in [-0.2, 0) is 13.0 Å². The summed E-state index contributed by atoms with van der Waals surface area (Å²) < 4.78 is 0. The summed E-state index contributed by atoms with van der Waals surface area (Å²) in [5.41, 5.74) is 4.52. The Morgan fingerprint density at radius 3 is 2.55 bits per heavy atom. The Bertz CT molecular complexity index is 1050. The molecule has 0 radical (unpaired) electrons. The summed E-state index contributed by atoms with van der Waals surface area (Å²) in [5.74, 6) is -0.382. The topological polar surface area (TPSA) is 84.3 Å². The van der Waals surface area contributed by atoms with E-state index in [4.69, 9.17) is 0 Å². The first-order valence-electron chi connectivity index (χ1n) is 9.45. The number of amides is 1. The zero-order chi connectivity index (χ0) is 20.8. The first-order valence-corrected chi connectivity index (χ1v) is 9.45. The van der Waals surface area contributed by atoms with E-state index in [-0.39, 0.29) is 17.3 Å². The maximum Gasteiger partial charge on any atom is 0.293 e. The Kier molecular flexibility index (Phi) is 6.24. The number of hydrogen-bond acceptors (Lipinski definition) is 4. The minimum absolute atomic E-state index is 0.118. The van der Waals surface area contributed by atoms with Crippen molar-refractivity contribution in [2.75, 3.05) is 10.6 Å². The zero-order valence-electron chi connectivity index (χ0n) is 16.4. The van der Waals surface area contributed by atoms with E-state index < -0.39 is 4.92 Å². The fourth-order valence-corrected chi connectivity index (χ4v) is 3.11. The maximum atomic E-state index is 12.6. The lowest BCUT2D eigenvalue weighted by molar-refractivity contribution is -0.384. The van der Waals surface area contributed by atoms with Crippen LogP contribution in [0, 0.1) is 17.0 Å². The van der Waals surface area contributed by atoms with E-state index >= 15 is 0 Å². The molecule has 0 bridgehead atoms.